The monoisotopic (exact) mass is 184 g/mol. The fourth-order valence-electron chi connectivity index (χ4n) is 1.45. The summed E-state index contributed by atoms with van der Waals surface area (Å²) in [5, 5.41) is 1.01. The Balaban J connectivity index is 2.69. The highest BCUT2D eigenvalue weighted by Gasteiger charge is 2.16. The van der Waals surface area contributed by atoms with Crippen LogP contribution in [0, 0.1) is 0 Å². The molecule has 14 heavy (non-hydrogen) atoms. The van der Waals surface area contributed by atoms with E-state index < -0.39 is 0 Å². The van der Waals surface area contributed by atoms with Crippen LogP contribution >= 0.6 is 0 Å². The van der Waals surface area contributed by atoms with Crippen LogP contribution in [0.4, 0.5) is 0 Å². The molecule has 0 aliphatic carbocycles. The number of pyridine rings is 1. The molecule has 0 atom stereocenters. The maximum atomic E-state index is 5.85. The first-order valence-electron chi connectivity index (χ1n) is 4.72. The van der Waals surface area contributed by atoms with Gasteiger partial charge in [0.05, 0.1) is 0 Å². The Morgan fingerprint density at radius 1 is 1.36 bits per heavy atom. The molecule has 0 spiro atoms. The Kier molecular flexibility index (Phi) is 1.91. The van der Waals surface area contributed by atoms with Crippen LogP contribution in [0.2, 0.25) is 0 Å². The third kappa shape index (κ3) is 1.43. The van der Waals surface area contributed by atoms with E-state index in [-0.39, 0.29) is 5.41 Å². The average molecular weight is 184 g/mol. The van der Waals surface area contributed by atoms with Gasteiger partial charge in [-0.2, -0.15) is 0 Å². The van der Waals surface area contributed by atoms with Gasteiger partial charge >= 0.3 is 0 Å². The quantitative estimate of drug-likeness (QED) is 0.619. The van der Waals surface area contributed by atoms with Gasteiger partial charge in [-0.15, -0.1) is 0 Å². The third-order valence-corrected chi connectivity index (χ3v) is 2.37. The van der Waals surface area contributed by atoms with Crippen molar-refractivity contribution in [2.75, 3.05) is 0 Å². The molecule has 0 bridgehead atoms. The van der Waals surface area contributed by atoms with Crippen LogP contribution in [0.3, 0.4) is 0 Å². The van der Waals surface area contributed by atoms with Crippen molar-refractivity contribution in [3.63, 3.8) is 0 Å². The van der Waals surface area contributed by atoms with Crippen molar-refractivity contribution in [3.05, 3.63) is 24.0 Å². The zero-order valence-electron chi connectivity index (χ0n) is 8.76. The second-order valence-corrected chi connectivity index (χ2v) is 4.60. The Bertz CT molecular complexity index is 466. The molecule has 2 aromatic heterocycles. The van der Waals surface area contributed by atoms with E-state index in [9.17, 15) is 0 Å². The number of aromatic amines is 1. The van der Waals surface area contributed by atoms with Crippen molar-refractivity contribution in [3.8, 4) is 0 Å². The summed E-state index contributed by atoms with van der Waals surface area (Å²) in [6.45, 7) is 6.48. The molecule has 2 heterocycles. The number of hydrogen-bond acceptors (Lipinski definition) is 1. The molecule has 0 aromatic carbocycles. The molecule has 0 fully saturated rings. The minimum Gasteiger partial charge on any atom is -0.343 e. The number of rotatable bonds is 0. The molecule has 0 aliphatic rings. The van der Waals surface area contributed by atoms with Gasteiger partial charge in [0.2, 0.25) is 0 Å². The lowest BCUT2D eigenvalue weighted by molar-refractivity contribution is 0.574. The molecule has 0 unspecified atom stereocenters. The SMILES string of the molecule is [B]c1ccnc2[nH]c(C(C)(C)C)cc12. The molecule has 2 rings (SSSR count). The summed E-state index contributed by atoms with van der Waals surface area (Å²) in [5.74, 6) is 0. The summed E-state index contributed by atoms with van der Waals surface area (Å²) in [6.07, 6.45) is 1.72. The molecule has 3 heteroatoms. The number of fused-ring (bicyclic) bond motifs is 1. The summed E-state index contributed by atoms with van der Waals surface area (Å²) in [7, 11) is 5.85. The largest absolute Gasteiger partial charge is 0.343 e. The van der Waals surface area contributed by atoms with Crippen LogP contribution in [-0.4, -0.2) is 17.8 Å². The summed E-state index contributed by atoms with van der Waals surface area (Å²) in [4.78, 5) is 7.53. The zero-order chi connectivity index (χ0) is 10.3. The van der Waals surface area contributed by atoms with Crippen LogP contribution in [0.15, 0.2) is 18.3 Å². The second kappa shape index (κ2) is 2.87. The third-order valence-electron chi connectivity index (χ3n) is 2.37. The van der Waals surface area contributed by atoms with Gasteiger partial charge < -0.3 is 4.98 Å². The van der Waals surface area contributed by atoms with Gasteiger partial charge in [-0.05, 0) is 6.07 Å². The molecule has 0 saturated heterocycles. The van der Waals surface area contributed by atoms with Crippen molar-refractivity contribution < 1.29 is 0 Å². The summed E-state index contributed by atoms with van der Waals surface area (Å²) < 4.78 is 0. The van der Waals surface area contributed by atoms with Gasteiger partial charge in [-0.3, -0.25) is 0 Å². The van der Waals surface area contributed by atoms with Gasteiger partial charge in [0.15, 0.2) is 0 Å². The zero-order valence-corrected chi connectivity index (χ0v) is 8.76. The van der Waals surface area contributed by atoms with E-state index in [1.165, 1.54) is 0 Å². The van der Waals surface area contributed by atoms with Crippen LogP contribution in [0.25, 0.3) is 11.0 Å². The molecular formula is C11H13BN2. The Morgan fingerprint density at radius 3 is 2.64 bits per heavy atom. The summed E-state index contributed by atoms with van der Waals surface area (Å²) in [5.41, 5.74) is 2.92. The molecule has 0 amide bonds. The first-order chi connectivity index (χ1) is 6.48. The molecule has 2 radical (unpaired) electrons. The van der Waals surface area contributed by atoms with Gasteiger partial charge in [-0.1, -0.05) is 32.3 Å². The average Bonchev–Trinajstić information content (AvgIpc) is 2.48. The van der Waals surface area contributed by atoms with E-state index >= 15 is 0 Å². The summed E-state index contributed by atoms with van der Waals surface area (Å²) >= 11 is 0. The van der Waals surface area contributed by atoms with Crippen LogP contribution in [0.5, 0.6) is 0 Å². The van der Waals surface area contributed by atoms with E-state index in [1.807, 2.05) is 6.07 Å². The Labute approximate surface area is 85.2 Å². The van der Waals surface area contributed by atoms with Crippen molar-refractivity contribution >= 4 is 24.3 Å². The lowest BCUT2D eigenvalue weighted by atomic mass is 9.90. The Morgan fingerprint density at radius 2 is 2.07 bits per heavy atom. The number of nitrogens with zero attached hydrogens (tertiary/aromatic N) is 1. The number of hydrogen-bond donors (Lipinski definition) is 1. The predicted octanol–water partition coefficient (Wildman–Crippen LogP) is 1.65. The van der Waals surface area contributed by atoms with Gasteiger partial charge in [-0.25, -0.2) is 4.98 Å². The van der Waals surface area contributed by atoms with Crippen LogP contribution in [-0.2, 0) is 5.41 Å². The first-order valence-corrected chi connectivity index (χ1v) is 4.72. The normalized spacial score (nSPS) is 12.2. The van der Waals surface area contributed by atoms with Crippen molar-refractivity contribution in [2.24, 2.45) is 0 Å². The fourth-order valence-corrected chi connectivity index (χ4v) is 1.45. The van der Waals surface area contributed by atoms with Gasteiger partial charge in [0.25, 0.3) is 0 Å². The topological polar surface area (TPSA) is 28.7 Å². The molecule has 70 valence electrons. The lowest BCUT2D eigenvalue weighted by Crippen LogP contribution is -2.11. The highest BCUT2D eigenvalue weighted by molar-refractivity contribution is 6.38. The van der Waals surface area contributed by atoms with Crippen LogP contribution in [0.1, 0.15) is 26.5 Å². The lowest BCUT2D eigenvalue weighted by Gasteiger charge is -2.15. The molecule has 2 aromatic rings. The summed E-state index contributed by atoms with van der Waals surface area (Å²) in [6, 6.07) is 3.90. The predicted molar refractivity (Wildman–Crippen MR) is 60.2 cm³/mol. The van der Waals surface area contributed by atoms with Crippen molar-refractivity contribution in [1.82, 2.24) is 9.97 Å². The maximum absolute atomic E-state index is 5.85. The molecule has 1 N–H and O–H groups in total. The smallest absolute Gasteiger partial charge is 0.136 e. The van der Waals surface area contributed by atoms with E-state index in [0.29, 0.717) is 0 Å². The van der Waals surface area contributed by atoms with Crippen molar-refractivity contribution in [2.45, 2.75) is 26.2 Å². The van der Waals surface area contributed by atoms with Gasteiger partial charge in [0, 0.05) is 22.7 Å². The number of aromatic nitrogens is 2. The molecule has 0 aliphatic heterocycles. The highest BCUT2D eigenvalue weighted by atomic mass is 14.9. The molecule has 0 saturated carbocycles. The molecule has 2 nitrogen and oxygen atoms in total. The Hall–Kier alpha value is -1.25. The fraction of sp³-hybridized carbons (Fsp3) is 0.364. The standard InChI is InChI=1S/C11H13BN2/c1-11(2,3)9-6-7-8(12)4-5-13-10(7)14-9/h4-6H,1-3H3,(H,13,14). The highest BCUT2D eigenvalue weighted by Crippen LogP contribution is 2.23. The van der Waals surface area contributed by atoms with Crippen LogP contribution < -0.4 is 5.46 Å². The maximum Gasteiger partial charge on any atom is 0.136 e. The minimum absolute atomic E-state index is 0.104. The number of nitrogens with one attached hydrogen (secondary N) is 1. The minimum atomic E-state index is 0.104. The van der Waals surface area contributed by atoms with E-state index in [4.69, 9.17) is 7.85 Å². The second-order valence-electron chi connectivity index (χ2n) is 4.60. The first kappa shape index (κ1) is 9.32. The number of H-pyrrole nitrogens is 1. The van der Waals surface area contributed by atoms with Gasteiger partial charge in [0.1, 0.15) is 13.5 Å². The molecular weight excluding hydrogens is 171 g/mol. The van der Waals surface area contributed by atoms with E-state index in [0.717, 1.165) is 22.2 Å². The van der Waals surface area contributed by atoms with E-state index in [1.54, 1.807) is 6.20 Å². The van der Waals surface area contributed by atoms with E-state index in [2.05, 4.69) is 36.8 Å². The van der Waals surface area contributed by atoms with Crippen molar-refractivity contribution in [1.29, 1.82) is 0 Å².